The smallest absolute Gasteiger partial charge is 0.304 e. The molecule has 4 aromatic rings. The average Bonchev–Trinajstić information content (AvgIpc) is 3.30. The first-order chi connectivity index (χ1) is 18.6. The van der Waals surface area contributed by atoms with Gasteiger partial charge in [0.15, 0.2) is 0 Å². The lowest BCUT2D eigenvalue weighted by atomic mass is 9.98. The number of thiophene rings is 1. The molecule has 0 saturated heterocycles. The lowest BCUT2D eigenvalue weighted by molar-refractivity contribution is -0.137. The van der Waals surface area contributed by atoms with Gasteiger partial charge in [-0.25, -0.2) is 4.98 Å². The fourth-order valence-corrected chi connectivity index (χ4v) is 5.20. The normalized spacial score (nSPS) is 11.7. The monoisotopic (exact) mass is 577 g/mol. The predicted molar refractivity (Wildman–Crippen MR) is 166 cm³/mol. The molecule has 0 aliphatic heterocycles. The van der Waals surface area contributed by atoms with Gasteiger partial charge in [0.2, 0.25) is 5.88 Å². The second-order valence-corrected chi connectivity index (χ2v) is 11.0. The standard InChI is InChI=1S/C32H33NO5S.H2S/c1-5-6-23(17-31(34)35)24-8-12-30(33-18-24)38-19-22-7-11-29-27(16-22)28(20-39-29)26-10-9-25(15-21(26)2)37-14-13-32(3,4)36;/h7-12,15-16,18,20,23,36H,13-14,17,19H2,1-4H3,(H,34,35);1H2/t23-;/m1./s1. The predicted octanol–water partition coefficient (Wildman–Crippen LogP) is 7.08. The fourth-order valence-electron chi connectivity index (χ4n) is 4.26. The van der Waals surface area contributed by atoms with Gasteiger partial charge >= 0.3 is 5.97 Å². The molecule has 210 valence electrons. The van der Waals surface area contributed by atoms with Crippen LogP contribution in [0.3, 0.4) is 0 Å². The summed E-state index contributed by atoms with van der Waals surface area (Å²) in [6.07, 6.45) is 2.13. The Kier molecular flexibility index (Phi) is 10.6. The number of hydrogen-bond acceptors (Lipinski definition) is 6. The lowest BCUT2D eigenvalue weighted by Crippen LogP contribution is -2.21. The minimum atomic E-state index is -0.895. The van der Waals surface area contributed by atoms with Crippen molar-refractivity contribution in [3.8, 4) is 34.6 Å². The van der Waals surface area contributed by atoms with Gasteiger partial charge in [-0.05, 0) is 79.6 Å². The van der Waals surface area contributed by atoms with Gasteiger partial charge in [0.25, 0.3) is 0 Å². The molecule has 4 rings (SSSR count). The number of aromatic nitrogens is 1. The van der Waals surface area contributed by atoms with Gasteiger partial charge < -0.3 is 19.7 Å². The minimum Gasteiger partial charge on any atom is -0.493 e. The molecule has 2 aromatic heterocycles. The second kappa shape index (κ2) is 13.7. The van der Waals surface area contributed by atoms with E-state index in [-0.39, 0.29) is 19.9 Å². The van der Waals surface area contributed by atoms with E-state index >= 15 is 0 Å². The Morgan fingerprint density at radius 2 is 1.90 bits per heavy atom. The third kappa shape index (κ3) is 8.25. The van der Waals surface area contributed by atoms with Gasteiger partial charge in [-0.1, -0.05) is 24.1 Å². The van der Waals surface area contributed by atoms with Gasteiger partial charge in [0.1, 0.15) is 12.4 Å². The number of fused-ring (bicyclic) bond motifs is 1. The summed E-state index contributed by atoms with van der Waals surface area (Å²) in [6, 6.07) is 16.0. The van der Waals surface area contributed by atoms with Crippen molar-refractivity contribution >= 4 is 40.9 Å². The van der Waals surface area contributed by atoms with Crippen LogP contribution in [0.1, 0.15) is 56.2 Å². The minimum absolute atomic E-state index is 0. The summed E-state index contributed by atoms with van der Waals surface area (Å²) in [7, 11) is 0. The first-order valence-corrected chi connectivity index (χ1v) is 13.7. The quantitative estimate of drug-likeness (QED) is 0.185. The van der Waals surface area contributed by atoms with Crippen molar-refractivity contribution in [1.82, 2.24) is 4.98 Å². The second-order valence-electron chi connectivity index (χ2n) is 10.1. The van der Waals surface area contributed by atoms with Crippen LogP contribution in [0.2, 0.25) is 0 Å². The molecule has 1 atom stereocenters. The van der Waals surface area contributed by atoms with Gasteiger partial charge in [0, 0.05) is 34.3 Å². The molecule has 0 spiro atoms. The maximum atomic E-state index is 11.1. The zero-order valence-corrected chi connectivity index (χ0v) is 25.0. The molecule has 6 nitrogen and oxygen atoms in total. The summed E-state index contributed by atoms with van der Waals surface area (Å²) >= 11 is 1.71. The number of ether oxygens (including phenoxy) is 2. The van der Waals surface area contributed by atoms with E-state index in [1.165, 1.54) is 10.3 Å². The van der Waals surface area contributed by atoms with Crippen LogP contribution >= 0.6 is 24.8 Å². The highest BCUT2D eigenvalue weighted by atomic mass is 32.1. The van der Waals surface area contributed by atoms with E-state index in [0.29, 0.717) is 25.5 Å². The van der Waals surface area contributed by atoms with E-state index in [4.69, 9.17) is 14.6 Å². The van der Waals surface area contributed by atoms with Gasteiger partial charge in [-0.3, -0.25) is 4.79 Å². The Morgan fingerprint density at radius 1 is 1.10 bits per heavy atom. The van der Waals surface area contributed by atoms with Crippen LogP contribution in [0.15, 0.2) is 60.1 Å². The highest BCUT2D eigenvalue weighted by molar-refractivity contribution is 7.59. The zero-order valence-electron chi connectivity index (χ0n) is 23.2. The Morgan fingerprint density at radius 3 is 2.55 bits per heavy atom. The molecular formula is C32H35NO5S2. The van der Waals surface area contributed by atoms with E-state index in [2.05, 4.69) is 53.4 Å². The number of carboxylic acid groups (broad SMARTS) is 1. The van der Waals surface area contributed by atoms with Crippen LogP contribution in [0, 0.1) is 18.8 Å². The van der Waals surface area contributed by atoms with E-state index in [9.17, 15) is 9.90 Å². The van der Waals surface area contributed by atoms with E-state index in [0.717, 1.165) is 33.4 Å². The maximum absolute atomic E-state index is 11.1. The van der Waals surface area contributed by atoms with Gasteiger partial charge in [-0.15, -0.1) is 17.3 Å². The van der Waals surface area contributed by atoms with Gasteiger partial charge in [-0.2, -0.15) is 13.5 Å². The van der Waals surface area contributed by atoms with Crippen LogP contribution in [0.4, 0.5) is 0 Å². The number of aryl methyl sites for hydroxylation is 1. The van der Waals surface area contributed by atoms with Crippen molar-refractivity contribution in [2.24, 2.45) is 0 Å². The van der Waals surface area contributed by atoms with Crippen LogP contribution < -0.4 is 9.47 Å². The molecule has 0 unspecified atom stereocenters. The van der Waals surface area contributed by atoms with Crippen LogP contribution in [-0.4, -0.2) is 33.4 Å². The molecule has 0 radical (unpaired) electrons. The Balaban J connectivity index is 0.00000441. The van der Waals surface area contributed by atoms with Crippen LogP contribution in [0.25, 0.3) is 21.2 Å². The lowest BCUT2D eigenvalue weighted by Gasteiger charge is -2.17. The molecule has 40 heavy (non-hydrogen) atoms. The van der Waals surface area contributed by atoms with E-state index < -0.39 is 17.5 Å². The summed E-state index contributed by atoms with van der Waals surface area (Å²) in [5.41, 5.74) is 4.47. The van der Waals surface area contributed by atoms with Crippen molar-refractivity contribution in [3.05, 3.63) is 76.8 Å². The molecule has 2 aromatic carbocycles. The number of carboxylic acids is 1. The Labute approximate surface area is 246 Å². The summed E-state index contributed by atoms with van der Waals surface area (Å²) in [6.45, 7) is 8.15. The third-order valence-electron chi connectivity index (χ3n) is 6.35. The molecule has 0 aliphatic rings. The van der Waals surface area contributed by atoms with Crippen molar-refractivity contribution in [1.29, 1.82) is 0 Å². The van der Waals surface area contributed by atoms with Crippen molar-refractivity contribution in [2.45, 2.75) is 58.7 Å². The Hall–Kier alpha value is -3.51. The number of hydrogen-bond donors (Lipinski definition) is 2. The number of aliphatic carboxylic acids is 1. The molecule has 0 saturated carbocycles. The number of nitrogens with zero attached hydrogens (tertiary/aromatic N) is 1. The molecule has 0 fully saturated rings. The third-order valence-corrected chi connectivity index (χ3v) is 7.32. The molecule has 8 heteroatoms. The number of rotatable bonds is 11. The number of carbonyl (C=O) groups is 1. The highest BCUT2D eigenvalue weighted by Gasteiger charge is 2.15. The summed E-state index contributed by atoms with van der Waals surface area (Å²) in [5, 5.41) is 22.4. The molecular weight excluding hydrogens is 542 g/mol. The molecule has 2 heterocycles. The highest BCUT2D eigenvalue weighted by Crippen LogP contribution is 2.37. The molecule has 0 aliphatic carbocycles. The summed E-state index contributed by atoms with van der Waals surface area (Å²) in [4.78, 5) is 15.5. The van der Waals surface area contributed by atoms with Crippen molar-refractivity contribution in [3.63, 3.8) is 0 Å². The first-order valence-electron chi connectivity index (χ1n) is 12.8. The number of benzene rings is 2. The SMILES string of the molecule is CC#C[C@H](CC(=O)O)c1ccc(OCc2ccc3scc(-c4ccc(OCCC(C)(C)O)cc4C)c3c2)nc1.S. The maximum Gasteiger partial charge on any atom is 0.304 e. The van der Waals surface area contributed by atoms with Crippen molar-refractivity contribution < 1.29 is 24.5 Å². The van der Waals surface area contributed by atoms with E-state index in [1.807, 2.05) is 18.2 Å². The largest absolute Gasteiger partial charge is 0.493 e. The van der Waals surface area contributed by atoms with Crippen LogP contribution in [0.5, 0.6) is 11.6 Å². The van der Waals surface area contributed by atoms with Gasteiger partial charge in [0.05, 0.1) is 24.5 Å². The number of aliphatic hydroxyl groups is 1. The molecule has 0 bridgehead atoms. The first kappa shape index (κ1) is 31.0. The van der Waals surface area contributed by atoms with Crippen molar-refractivity contribution in [2.75, 3.05) is 6.61 Å². The summed E-state index contributed by atoms with van der Waals surface area (Å²) in [5.74, 6) is 5.70. The van der Waals surface area contributed by atoms with E-state index in [1.54, 1.807) is 44.4 Å². The fraction of sp³-hybridized carbons (Fsp3) is 0.312. The zero-order chi connectivity index (χ0) is 28.0. The topological polar surface area (TPSA) is 88.9 Å². The molecule has 0 amide bonds. The summed E-state index contributed by atoms with van der Waals surface area (Å²) < 4.78 is 13.0. The molecule has 2 N–H and O–H groups in total. The van der Waals surface area contributed by atoms with Crippen LogP contribution in [-0.2, 0) is 11.4 Å². The average molecular weight is 578 g/mol. The Bertz CT molecular complexity index is 1510. The number of pyridine rings is 1.